The average molecular weight is 276 g/mol. The molecule has 2 nitrogen and oxygen atoms in total. The molecule has 2 heterocycles. The van der Waals surface area contributed by atoms with Crippen molar-refractivity contribution in [3.05, 3.63) is 59.9 Å². The lowest BCUT2D eigenvalue weighted by Crippen LogP contribution is -1.84. The summed E-state index contributed by atoms with van der Waals surface area (Å²) in [5, 5.41) is 2.46. The Bertz CT molecular complexity index is 887. The van der Waals surface area contributed by atoms with Crippen molar-refractivity contribution in [1.29, 1.82) is 0 Å². The number of rotatable bonds is 1. The Hall–Kier alpha value is -2.35. The van der Waals surface area contributed by atoms with Gasteiger partial charge in [-0.3, -0.25) is 4.98 Å². The summed E-state index contributed by atoms with van der Waals surface area (Å²) in [7, 11) is 0. The third kappa shape index (κ3) is 2.17. The SMILES string of the molecule is CC1=CCCC(c2ccc3c(c2)[nH]c2ccncc23)=CC1.[HH]. The molecular formula is C19H20N2. The van der Waals surface area contributed by atoms with E-state index in [1.807, 2.05) is 18.5 Å². The summed E-state index contributed by atoms with van der Waals surface area (Å²) >= 11 is 0. The Labute approximate surface area is 125 Å². The van der Waals surface area contributed by atoms with Crippen molar-refractivity contribution in [2.24, 2.45) is 0 Å². The van der Waals surface area contributed by atoms with Gasteiger partial charge in [0.2, 0.25) is 0 Å². The molecule has 0 amide bonds. The van der Waals surface area contributed by atoms with Crippen LogP contribution in [-0.2, 0) is 0 Å². The number of fused-ring (bicyclic) bond motifs is 3. The highest BCUT2D eigenvalue weighted by Crippen LogP contribution is 2.30. The molecule has 0 radical (unpaired) electrons. The van der Waals surface area contributed by atoms with Crippen molar-refractivity contribution in [3.63, 3.8) is 0 Å². The standard InChI is InChI=1S/C19H18N2.H2/c1-13-3-2-4-14(6-5-13)15-7-8-16-17-12-20-10-9-18(17)21-19(16)11-15;/h3,6-12,21H,2,4-5H2,1H3;1H. The van der Waals surface area contributed by atoms with Crippen molar-refractivity contribution >= 4 is 27.4 Å². The van der Waals surface area contributed by atoms with Crippen LogP contribution in [0.2, 0.25) is 0 Å². The summed E-state index contributed by atoms with van der Waals surface area (Å²) in [4.78, 5) is 7.73. The molecule has 0 bridgehead atoms. The fraction of sp³-hybridized carbons (Fsp3) is 0.211. The minimum atomic E-state index is 0. The van der Waals surface area contributed by atoms with E-state index < -0.39 is 0 Å². The van der Waals surface area contributed by atoms with Gasteiger partial charge in [-0.05, 0) is 49.5 Å². The smallest absolute Gasteiger partial charge is 0.0495 e. The molecule has 106 valence electrons. The van der Waals surface area contributed by atoms with Crippen LogP contribution in [0.3, 0.4) is 0 Å². The highest BCUT2D eigenvalue weighted by Gasteiger charge is 2.08. The fourth-order valence-corrected chi connectivity index (χ4v) is 3.15. The van der Waals surface area contributed by atoms with E-state index in [1.165, 1.54) is 33.0 Å². The van der Waals surface area contributed by atoms with E-state index in [-0.39, 0.29) is 1.43 Å². The fourth-order valence-electron chi connectivity index (χ4n) is 3.15. The lowest BCUT2D eigenvalue weighted by Gasteiger charge is -2.05. The molecule has 4 rings (SSSR count). The van der Waals surface area contributed by atoms with Gasteiger partial charge in [0, 0.05) is 35.6 Å². The van der Waals surface area contributed by atoms with Gasteiger partial charge in [-0.2, -0.15) is 0 Å². The minimum Gasteiger partial charge on any atom is -0.354 e. The van der Waals surface area contributed by atoms with Gasteiger partial charge in [0.15, 0.2) is 0 Å². The van der Waals surface area contributed by atoms with E-state index in [1.54, 1.807) is 0 Å². The molecule has 21 heavy (non-hydrogen) atoms. The largest absolute Gasteiger partial charge is 0.354 e. The monoisotopic (exact) mass is 276 g/mol. The van der Waals surface area contributed by atoms with E-state index in [4.69, 9.17) is 0 Å². The van der Waals surface area contributed by atoms with Gasteiger partial charge in [0.25, 0.3) is 0 Å². The van der Waals surface area contributed by atoms with E-state index in [2.05, 4.69) is 47.2 Å². The maximum absolute atomic E-state index is 4.23. The Morgan fingerprint density at radius 2 is 2.05 bits per heavy atom. The molecule has 2 aromatic heterocycles. The van der Waals surface area contributed by atoms with Gasteiger partial charge >= 0.3 is 0 Å². The number of hydrogen-bond donors (Lipinski definition) is 1. The first kappa shape index (κ1) is 12.4. The highest BCUT2D eigenvalue weighted by atomic mass is 14.7. The van der Waals surface area contributed by atoms with Crippen LogP contribution in [0, 0.1) is 0 Å². The van der Waals surface area contributed by atoms with Crippen molar-refractivity contribution < 1.29 is 1.43 Å². The number of aromatic nitrogens is 2. The van der Waals surface area contributed by atoms with Gasteiger partial charge < -0.3 is 4.98 Å². The summed E-state index contributed by atoms with van der Waals surface area (Å²) in [6.07, 6.45) is 11.9. The number of aromatic amines is 1. The number of nitrogens with one attached hydrogen (secondary N) is 1. The van der Waals surface area contributed by atoms with Gasteiger partial charge in [-0.15, -0.1) is 0 Å². The molecule has 1 N–H and O–H groups in total. The van der Waals surface area contributed by atoms with Gasteiger partial charge in [0.1, 0.15) is 0 Å². The summed E-state index contributed by atoms with van der Waals surface area (Å²) in [6, 6.07) is 8.78. The van der Waals surface area contributed by atoms with Crippen molar-refractivity contribution in [2.75, 3.05) is 0 Å². The number of pyridine rings is 1. The molecule has 0 fully saturated rings. The Kier molecular flexibility index (Phi) is 2.88. The van der Waals surface area contributed by atoms with Crippen LogP contribution in [-0.4, -0.2) is 9.97 Å². The predicted octanol–water partition coefficient (Wildman–Crippen LogP) is 5.48. The quantitative estimate of drug-likeness (QED) is 0.586. The normalized spacial score (nSPS) is 15.9. The van der Waals surface area contributed by atoms with Crippen LogP contribution < -0.4 is 0 Å². The molecule has 0 saturated carbocycles. The van der Waals surface area contributed by atoms with E-state index in [9.17, 15) is 0 Å². The number of nitrogens with zero attached hydrogens (tertiary/aromatic N) is 1. The average Bonchev–Trinajstić information content (AvgIpc) is 2.73. The van der Waals surface area contributed by atoms with Crippen LogP contribution in [0.25, 0.3) is 27.4 Å². The summed E-state index contributed by atoms with van der Waals surface area (Å²) < 4.78 is 0. The van der Waals surface area contributed by atoms with Crippen LogP contribution >= 0.6 is 0 Å². The van der Waals surface area contributed by atoms with Crippen molar-refractivity contribution in [2.45, 2.75) is 26.2 Å². The third-order valence-corrected chi connectivity index (χ3v) is 4.35. The molecule has 1 aromatic carbocycles. The minimum absolute atomic E-state index is 0. The maximum Gasteiger partial charge on any atom is 0.0495 e. The first-order valence-electron chi connectivity index (χ1n) is 7.52. The third-order valence-electron chi connectivity index (χ3n) is 4.35. The molecule has 0 saturated heterocycles. The van der Waals surface area contributed by atoms with Gasteiger partial charge in [0.05, 0.1) is 0 Å². The highest BCUT2D eigenvalue weighted by molar-refractivity contribution is 6.07. The molecule has 0 atom stereocenters. The Morgan fingerprint density at radius 1 is 1.10 bits per heavy atom. The number of H-pyrrole nitrogens is 1. The van der Waals surface area contributed by atoms with E-state index >= 15 is 0 Å². The van der Waals surface area contributed by atoms with Crippen LogP contribution in [0.4, 0.5) is 0 Å². The molecule has 0 aliphatic heterocycles. The maximum atomic E-state index is 4.23. The van der Waals surface area contributed by atoms with Crippen molar-refractivity contribution in [1.82, 2.24) is 9.97 Å². The molecule has 1 aliphatic carbocycles. The topological polar surface area (TPSA) is 28.7 Å². The predicted molar refractivity (Wildman–Crippen MR) is 91.3 cm³/mol. The zero-order valence-electron chi connectivity index (χ0n) is 12.2. The lowest BCUT2D eigenvalue weighted by atomic mass is 10.00. The van der Waals surface area contributed by atoms with E-state index in [0.717, 1.165) is 24.8 Å². The lowest BCUT2D eigenvalue weighted by molar-refractivity contribution is 1.06. The van der Waals surface area contributed by atoms with Crippen LogP contribution in [0.1, 0.15) is 33.2 Å². The zero-order chi connectivity index (χ0) is 14.2. The first-order valence-corrected chi connectivity index (χ1v) is 7.52. The number of hydrogen-bond acceptors (Lipinski definition) is 1. The van der Waals surface area contributed by atoms with Crippen LogP contribution in [0.5, 0.6) is 0 Å². The molecule has 1 aliphatic rings. The zero-order valence-corrected chi connectivity index (χ0v) is 12.2. The molecule has 0 unspecified atom stereocenters. The van der Waals surface area contributed by atoms with E-state index in [0.29, 0.717) is 0 Å². The molecule has 2 heteroatoms. The second kappa shape index (κ2) is 4.88. The van der Waals surface area contributed by atoms with Gasteiger partial charge in [-0.1, -0.05) is 29.9 Å². The summed E-state index contributed by atoms with van der Waals surface area (Å²) in [5.41, 5.74) is 6.63. The Balaban J connectivity index is 0.00000144. The summed E-state index contributed by atoms with van der Waals surface area (Å²) in [5.74, 6) is 0. The first-order chi connectivity index (χ1) is 10.3. The second-order valence-corrected chi connectivity index (χ2v) is 5.83. The van der Waals surface area contributed by atoms with Gasteiger partial charge in [-0.25, -0.2) is 0 Å². The molecule has 0 spiro atoms. The second-order valence-electron chi connectivity index (χ2n) is 5.83. The Morgan fingerprint density at radius 3 is 3.00 bits per heavy atom. The number of benzene rings is 1. The van der Waals surface area contributed by atoms with Crippen molar-refractivity contribution in [3.8, 4) is 0 Å². The summed E-state index contributed by atoms with van der Waals surface area (Å²) in [6.45, 7) is 2.22. The molecular weight excluding hydrogens is 256 g/mol. The molecule has 3 aromatic rings. The number of allylic oxidation sites excluding steroid dienone is 4. The van der Waals surface area contributed by atoms with Crippen LogP contribution in [0.15, 0.2) is 54.4 Å².